The predicted octanol–water partition coefficient (Wildman–Crippen LogP) is 1.62. The van der Waals surface area contributed by atoms with Crippen LogP contribution >= 0.6 is 11.3 Å². The van der Waals surface area contributed by atoms with Gasteiger partial charge in [0.2, 0.25) is 0 Å². The minimum Gasteiger partial charge on any atom is -0.378 e. The molecule has 2 rings (SSSR count). The third-order valence-corrected chi connectivity index (χ3v) is 4.41. The fraction of sp³-hybridized carbons (Fsp3) is 0.769. The van der Waals surface area contributed by atoms with Crippen LogP contribution in [0.3, 0.4) is 0 Å². The van der Waals surface area contributed by atoms with Crippen LogP contribution in [0.25, 0.3) is 0 Å². The molecule has 1 aliphatic rings. The SMILES string of the molecule is CCC1CN(c2nc(COC)c(CNC)s2)CCO1. The Balaban J connectivity index is 2.12. The Morgan fingerprint density at radius 3 is 3.11 bits per heavy atom. The quantitative estimate of drug-likeness (QED) is 0.860. The highest BCUT2D eigenvalue weighted by Crippen LogP contribution is 2.28. The molecule has 1 N–H and O–H groups in total. The zero-order valence-electron chi connectivity index (χ0n) is 11.9. The number of ether oxygens (including phenoxy) is 2. The van der Waals surface area contributed by atoms with Crippen molar-refractivity contribution in [3.05, 3.63) is 10.6 Å². The summed E-state index contributed by atoms with van der Waals surface area (Å²) >= 11 is 1.76. The smallest absolute Gasteiger partial charge is 0.186 e. The molecule has 1 aliphatic heterocycles. The largest absolute Gasteiger partial charge is 0.378 e. The highest BCUT2D eigenvalue weighted by Gasteiger charge is 2.22. The molecule has 1 aromatic heterocycles. The Kier molecular flexibility index (Phi) is 5.57. The van der Waals surface area contributed by atoms with Crippen LogP contribution < -0.4 is 10.2 Å². The van der Waals surface area contributed by atoms with Crippen LogP contribution in [-0.4, -0.2) is 44.9 Å². The molecule has 0 amide bonds. The second kappa shape index (κ2) is 7.19. The fourth-order valence-corrected chi connectivity index (χ4v) is 3.30. The number of aromatic nitrogens is 1. The van der Waals surface area contributed by atoms with Crippen molar-refractivity contribution in [2.45, 2.75) is 32.6 Å². The highest BCUT2D eigenvalue weighted by molar-refractivity contribution is 7.15. The first-order valence-electron chi connectivity index (χ1n) is 6.77. The molecule has 0 aliphatic carbocycles. The lowest BCUT2D eigenvalue weighted by atomic mass is 10.2. The molecule has 0 saturated carbocycles. The molecule has 1 saturated heterocycles. The predicted molar refractivity (Wildman–Crippen MR) is 77.8 cm³/mol. The van der Waals surface area contributed by atoms with E-state index in [0.29, 0.717) is 12.7 Å². The van der Waals surface area contributed by atoms with E-state index in [1.165, 1.54) is 4.88 Å². The maximum absolute atomic E-state index is 5.71. The first kappa shape index (κ1) is 14.7. The van der Waals surface area contributed by atoms with Crippen molar-refractivity contribution in [1.29, 1.82) is 0 Å². The molecule has 1 aromatic rings. The van der Waals surface area contributed by atoms with Gasteiger partial charge >= 0.3 is 0 Å². The van der Waals surface area contributed by atoms with Crippen molar-refractivity contribution in [3.8, 4) is 0 Å². The Morgan fingerprint density at radius 2 is 2.42 bits per heavy atom. The minimum absolute atomic E-state index is 0.330. The highest BCUT2D eigenvalue weighted by atomic mass is 32.1. The molecule has 0 aromatic carbocycles. The molecule has 6 heteroatoms. The molecular formula is C13H23N3O2S. The van der Waals surface area contributed by atoms with Crippen LogP contribution in [0.2, 0.25) is 0 Å². The van der Waals surface area contributed by atoms with Crippen molar-refractivity contribution >= 4 is 16.5 Å². The van der Waals surface area contributed by atoms with E-state index in [4.69, 9.17) is 14.5 Å². The topological polar surface area (TPSA) is 46.6 Å². The van der Waals surface area contributed by atoms with Gasteiger partial charge in [-0.25, -0.2) is 4.98 Å². The van der Waals surface area contributed by atoms with Crippen LogP contribution in [0.1, 0.15) is 23.9 Å². The summed E-state index contributed by atoms with van der Waals surface area (Å²) in [5.41, 5.74) is 1.05. The zero-order valence-corrected chi connectivity index (χ0v) is 12.8. The van der Waals surface area contributed by atoms with Crippen molar-refractivity contribution in [2.75, 3.05) is 38.8 Å². The first-order chi connectivity index (χ1) is 9.28. The second-order valence-corrected chi connectivity index (χ2v) is 5.74. The maximum atomic E-state index is 5.71. The molecule has 1 atom stereocenters. The molecule has 1 fully saturated rings. The summed E-state index contributed by atoms with van der Waals surface area (Å²) in [6.07, 6.45) is 1.38. The Hall–Kier alpha value is -0.690. The Morgan fingerprint density at radius 1 is 1.58 bits per heavy atom. The van der Waals surface area contributed by atoms with E-state index in [-0.39, 0.29) is 0 Å². The summed E-state index contributed by atoms with van der Waals surface area (Å²) in [5, 5.41) is 4.29. The number of rotatable bonds is 6. The van der Waals surface area contributed by atoms with Crippen LogP contribution in [0.15, 0.2) is 0 Å². The van der Waals surface area contributed by atoms with Gasteiger partial charge in [-0.15, -0.1) is 11.3 Å². The van der Waals surface area contributed by atoms with Crippen LogP contribution in [0.5, 0.6) is 0 Å². The van der Waals surface area contributed by atoms with E-state index in [2.05, 4.69) is 17.1 Å². The van der Waals surface area contributed by atoms with Gasteiger partial charge in [-0.2, -0.15) is 0 Å². The zero-order chi connectivity index (χ0) is 13.7. The number of methoxy groups -OCH3 is 1. The van der Waals surface area contributed by atoms with Gasteiger partial charge in [-0.05, 0) is 13.5 Å². The van der Waals surface area contributed by atoms with E-state index in [0.717, 1.165) is 43.5 Å². The van der Waals surface area contributed by atoms with Crippen molar-refractivity contribution in [3.63, 3.8) is 0 Å². The summed E-state index contributed by atoms with van der Waals surface area (Å²) in [6.45, 7) is 6.25. The van der Waals surface area contributed by atoms with E-state index < -0.39 is 0 Å². The average Bonchev–Trinajstić information content (AvgIpc) is 2.83. The lowest BCUT2D eigenvalue weighted by Gasteiger charge is -2.32. The first-order valence-corrected chi connectivity index (χ1v) is 7.58. The van der Waals surface area contributed by atoms with Crippen molar-refractivity contribution in [1.82, 2.24) is 10.3 Å². The van der Waals surface area contributed by atoms with Gasteiger partial charge < -0.3 is 19.7 Å². The monoisotopic (exact) mass is 285 g/mol. The van der Waals surface area contributed by atoms with E-state index in [9.17, 15) is 0 Å². The maximum Gasteiger partial charge on any atom is 0.186 e. The van der Waals surface area contributed by atoms with Crippen molar-refractivity contribution < 1.29 is 9.47 Å². The van der Waals surface area contributed by atoms with Gasteiger partial charge in [0.05, 0.1) is 25.0 Å². The molecule has 0 spiro atoms. The number of nitrogens with one attached hydrogen (secondary N) is 1. The third-order valence-electron chi connectivity index (χ3n) is 3.25. The number of nitrogens with zero attached hydrogens (tertiary/aromatic N) is 2. The number of thiazole rings is 1. The molecule has 2 heterocycles. The van der Waals surface area contributed by atoms with Gasteiger partial charge in [0, 0.05) is 31.6 Å². The minimum atomic E-state index is 0.330. The summed E-state index contributed by atoms with van der Waals surface area (Å²) in [4.78, 5) is 8.33. The normalized spacial score (nSPS) is 19.9. The molecule has 5 nitrogen and oxygen atoms in total. The summed E-state index contributed by atoms with van der Waals surface area (Å²) < 4.78 is 10.9. The number of hydrogen-bond acceptors (Lipinski definition) is 6. The van der Waals surface area contributed by atoms with Crippen molar-refractivity contribution in [2.24, 2.45) is 0 Å². The molecule has 0 radical (unpaired) electrons. The van der Waals surface area contributed by atoms with Gasteiger partial charge in [0.25, 0.3) is 0 Å². The summed E-state index contributed by atoms with van der Waals surface area (Å²) in [5.74, 6) is 0. The fourth-order valence-electron chi connectivity index (χ4n) is 2.19. The lowest BCUT2D eigenvalue weighted by Crippen LogP contribution is -2.42. The number of morpholine rings is 1. The van der Waals surface area contributed by atoms with Crippen LogP contribution in [-0.2, 0) is 22.6 Å². The standard InChI is InChI=1S/C13H23N3O2S/c1-4-10-8-16(5-6-18-10)13-15-11(9-17-3)12(19-13)7-14-2/h10,14H,4-9H2,1-3H3. The Labute approximate surface area is 118 Å². The van der Waals surface area contributed by atoms with Crippen LogP contribution in [0, 0.1) is 0 Å². The third kappa shape index (κ3) is 3.66. The van der Waals surface area contributed by atoms with Crippen LogP contribution in [0.4, 0.5) is 5.13 Å². The molecule has 0 bridgehead atoms. The number of hydrogen-bond donors (Lipinski definition) is 1. The second-order valence-electron chi connectivity index (χ2n) is 4.68. The van der Waals surface area contributed by atoms with E-state index in [1.54, 1.807) is 18.4 Å². The van der Waals surface area contributed by atoms with Gasteiger partial charge in [-0.3, -0.25) is 0 Å². The average molecular weight is 285 g/mol. The van der Waals surface area contributed by atoms with E-state index in [1.807, 2.05) is 7.05 Å². The molecule has 19 heavy (non-hydrogen) atoms. The van der Waals surface area contributed by atoms with Gasteiger partial charge in [0.15, 0.2) is 5.13 Å². The van der Waals surface area contributed by atoms with Gasteiger partial charge in [-0.1, -0.05) is 6.92 Å². The summed E-state index contributed by atoms with van der Waals surface area (Å²) in [7, 11) is 3.67. The van der Waals surface area contributed by atoms with E-state index >= 15 is 0 Å². The molecule has 108 valence electrons. The molecular weight excluding hydrogens is 262 g/mol. The molecule has 1 unspecified atom stereocenters. The summed E-state index contributed by atoms with van der Waals surface area (Å²) in [6, 6.07) is 0. The number of anilines is 1. The van der Waals surface area contributed by atoms with Gasteiger partial charge in [0.1, 0.15) is 0 Å². The lowest BCUT2D eigenvalue weighted by molar-refractivity contribution is 0.0384. The Bertz CT molecular complexity index is 374.